The average molecular weight is 228 g/mol. The summed E-state index contributed by atoms with van der Waals surface area (Å²) < 4.78 is 0. The summed E-state index contributed by atoms with van der Waals surface area (Å²) in [7, 11) is 0. The van der Waals surface area contributed by atoms with Gasteiger partial charge in [-0.1, -0.05) is 0 Å². The van der Waals surface area contributed by atoms with Crippen molar-refractivity contribution in [3.05, 3.63) is 16.1 Å². The van der Waals surface area contributed by atoms with Gasteiger partial charge in [0.2, 0.25) is 0 Å². The van der Waals surface area contributed by atoms with E-state index in [2.05, 4.69) is 22.6 Å². The zero-order valence-electron chi connectivity index (χ0n) is 9.87. The number of aromatic nitrogens is 1. The molecule has 1 aromatic heterocycles. The molecule has 0 aliphatic carbocycles. The molecule has 15 heavy (non-hydrogen) atoms. The van der Waals surface area contributed by atoms with Gasteiger partial charge in [0, 0.05) is 11.1 Å². The predicted octanol–water partition coefficient (Wildman–Crippen LogP) is 2.26. The topological polar surface area (TPSA) is 45.1 Å². The van der Waals surface area contributed by atoms with Gasteiger partial charge in [-0.05, 0) is 40.7 Å². The van der Waals surface area contributed by atoms with E-state index in [0.29, 0.717) is 0 Å². The average Bonchev–Trinajstić information content (AvgIpc) is 2.49. The second kappa shape index (κ2) is 5.05. The molecule has 0 fully saturated rings. The zero-order valence-corrected chi connectivity index (χ0v) is 10.7. The maximum absolute atomic E-state index is 9.55. The lowest BCUT2D eigenvalue weighted by atomic mass is 10.1. The Morgan fingerprint density at radius 2 is 2.27 bits per heavy atom. The summed E-state index contributed by atoms with van der Waals surface area (Å²) >= 11 is 1.68. The van der Waals surface area contributed by atoms with Crippen LogP contribution in [0.15, 0.2) is 5.38 Å². The molecule has 0 radical (unpaired) electrons. The van der Waals surface area contributed by atoms with E-state index in [1.54, 1.807) is 11.3 Å². The molecule has 0 amide bonds. The van der Waals surface area contributed by atoms with Crippen LogP contribution in [-0.4, -0.2) is 22.2 Å². The molecule has 0 aromatic carbocycles. The molecular weight excluding hydrogens is 208 g/mol. The van der Waals surface area contributed by atoms with Crippen molar-refractivity contribution in [2.24, 2.45) is 0 Å². The minimum Gasteiger partial charge on any atom is -0.390 e. The monoisotopic (exact) mass is 228 g/mol. The first-order valence-corrected chi connectivity index (χ1v) is 6.14. The van der Waals surface area contributed by atoms with Gasteiger partial charge in [0.15, 0.2) is 0 Å². The fourth-order valence-corrected chi connectivity index (χ4v) is 2.08. The normalized spacial score (nSPS) is 14.2. The summed E-state index contributed by atoms with van der Waals surface area (Å²) in [6.07, 6.45) is 0.752. The smallest absolute Gasteiger partial charge is 0.110 e. The Kier molecular flexibility index (Phi) is 4.25. The molecule has 0 aliphatic rings. The molecule has 0 saturated heterocycles. The molecule has 1 atom stereocenters. The highest BCUT2D eigenvalue weighted by Gasteiger charge is 2.13. The number of aryl methyl sites for hydroxylation is 1. The van der Waals surface area contributed by atoms with E-state index in [9.17, 15) is 5.11 Å². The Labute approximate surface area is 95.6 Å². The van der Waals surface area contributed by atoms with Gasteiger partial charge in [0.05, 0.1) is 11.6 Å². The van der Waals surface area contributed by atoms with Crippen molar-refractivity contribution in [1.29, 1.82) is 0 Å². The maximum atomic E-state index is 9.55. The van der Waals surface area contributed by atoms with Crippen LogP contribution >= 0.6 is 11.3 Å². The highest BCUT2D eigenvalue weighted by molar-refractivity contribution is 7.09. The third-order valence-electron chi connectivity index (χ3n) is 2.19. The number of hydrogen-bond acceptors (Lipinski definition) is 4. The number of rotatable bonds is 5. The summed E-state index contributed by atoms with van der Waals surface area (Å²) in [6.45, 7) is 8.56. The van der Waals surface area contributed by atoms with Crippen LogP contribution in [0.4, 0.5) is 0 Å². The minimum absolute atomic E-state index is 0.269. The van der Waals surface area contributed by atoms with Gasteiger partial charge in [-0.15, -0.1) is 11.3 Å². The Morgan fingerprint density at radius 1 is 1.60 bits per heavy atom. The lowest BCUT2D eigenvalue weighted by Crippen LogP contribution is -2.28. The van der Waals surface area contributed by atoms with Gasteiger partial charge < -0.3 is 10.4 Å². The Hall–Kier alpha value is -0.450. The van der Waals surface area contributed by atoms with Gasteiger partial charge in [-0.25, -0.2) is 4.98 Å². The van der Waals surface area contributed by atoms with Gasteiger partial charge in [0.25, 0.3) is 0 Å². The summed E-state index contributed by atoms with van der Waals surface area (Å²) in [4.78, 5) is 4.42. The molecule has 1 unspecified atom stereocenters. The SMILES string of the molecule is Cc1csc(C(C)NCCC(C)(C)O)n1. The third kappa shape index (κ3) is 4.73. The van der Waals surface area contributed by atoms with E-state index < -0.39 is 5.60 Å². The Balaban J connectivity index is 2.34. The first kappa shape index (κ1) is 12.6. The molecule has 4 heteroatoms. The summed E-state index contributed by atoms with van der Waals surface area (Å²) in [5, 5.41) is 16.1. The fourth-order valence-electron chi connectivity index (χ4n) is 1.25. The second-order valence-electron chi connectivity index (χ2n) is 4.57. The number of thiazole rings is 1. The van der Waals surface area contributed by atoms with Crippen LogP contribution in [-0.2, 0) is 0 Å². The van der Waals surface area contributed by atoms with Crippen molar-refractivity contribution in [1.82, 2.24) is 10.3 Å². The van der Waals surface area contributed by atoms with E-state index in [0.717, 1.165) is 23.7 Å². The van der Waals surface area contributed by atoms with E-state index in [1.165, 1.54) is 0 Å². The standard InChI is InChI=1S/C11H20N2OS/c1-8-7-15-10(13-8)9(2)12-6-5-11(3,4)14/h7,9,12,14H,5-6H2,1-4H3. The zero-order chi connectivity index (χ0) is 11.5. The van der Waals surface area contributed by atoms with E-state index in [-0.39, 0.29) is 6.04 Å². The molecule has 0 saturated carbocycles. The predicted molar refractivity (Wildman–Crippen MR) is 64.2 cm³/mol. The molecular formula is C11H20N2OS. The van der Waals surface area contributed by atoms with Crippen molar-refractivity contribution >= 4 is 11.3 Å². The lowest BCUT2D eigenvalue weighted by Gasteiger charge is -2.18. The summed E-state index contributed by atoms with van der Waals surface area (Å²) in [5.41, 5.74) is 0.483. The van der Waals surface area contributed by atoms with E-state index in [4.69, 9.17) is 0 Å². The number of aliphatic hydroxyl groups is 1. The van der Waals surface area contributed by atoms with Crippen molar-refractivity contribution in [3.8, 4) is 0 Å². The second-order valence-corrected chi connectivity index (χ2v) is 5.46. The molecule has 2 N–H and O–H groups in total. The molecule has 1 heterocycles. The Bertz CT molecular complexity index is 304. The van der Waals surface area contributed by atoms with Crippen molar-refractivity contribution in [2.75, 3.05) is 6.54 Å². The molecule has 0 bridgehead atoms. The van der Waals surface area contributed by atoms with Crippen LogP contribution in [0.5, 0.6) is 0 Å². The Morgan fingerprint density at radius 3 is 2.73 bits per heavy atom. The van der Waals surface area contributed by atoms with Gasteiger partial charge in [-0.2, -0.15) is 0 Å². The summed E-state index contributed by atoms with van der Waals surface area (Å²) in [6, 6.07) is 0.269. The molecule has 3 nitrogen and oxygen atoms in total. The maximum Gasteiger partial charge on any atom is 0.110 e. The van der Waals surface area contributed by atoms with Crippen LogP contribution in [0.25, 0.3) is 0 Å². The van der Waals surface area contributed by atoms with Gasteiger partial charge in [-0.3, -0.25) is 0 Å². The van der Waals surface area contributed by atoms with E-state index >= 15 is 0 Å². The van der Waals surface area contributed by atoms with Gasteiger partial charge in [0.1, 0.15) is 5.01 Å². The summed E-state index contributed by atoms with van der Waals surface area (Å²) in [5.74, 6) is 0. The van der Waals surface area contributed by atoms with Crippen molar-refractivity contribution in [2.45, 2.75) is 45.8 Å². The van der Waals surface area contributed by atoms with Crippen LogP contribution in [0, 0.1) is 6.92 Å². The number of nitrogens with zero attached hydrogens (tertiary/aromatic N) is 1. The number of nitrogens with one attached hydrogen (secondary N) is 1. The highest BCUT2D eigenvalue weighted by Crippen LogP contribution is 2.17. The number of hydrogen-bond donors (Lipinski definition) is 2. The minimum atomic E-state index is -0.592. The van der Waals surface area contributed by atoms with Crippen molar-refractivity contribution < 1.29 is 5.11 Å². The largest absolute Gasteiger partial charge is 0.390 e. The lowest BCUT2D eigenvalue weighted by molar-refractivity contribution is 0.0705. The quantitative estimate of drug-likeness (QED) is 0.812. The molecule has 1 aromatic rings. The van der Waals surface area contributed by atoms with Crippen LogP contribution in [0.2, 0.25) is 0 Å². The molecule has 86 valence electrons. The first-order chi connectivity index (χ1) is 6.88. The fraction of sp³-hybridized carbons (Fsp3) is 0.727. The van der Waals surface area contributed by atoms with Crippen LogP contribution in [0.3, 0.4) is 0 Å². The first-order valence-electron chi connectivity index (χ1n) is 5.26. The van der Waals surface area contributed by atoms with Crippen molar-refractivity contribution in [3.63, 3.8) is 0 Å². The molecule has 1 rings (SSSR count). The van der Waals surface area contributed by atoms with Crippen LogP contribution < -0.4 is 5.32 Å². The van der Waals surface area contributed by atoms with E-state index in [1.807, 2.05) is 20.8 Å². The van der Waals surface area contributed by atoms with Gasteiger partial charge >= 0.3 is 0 Å². The van der Waals surface area contributed by atoms with Crippen LogP contribution in [0.1, 0.15) is 43.9 Å². The molecule has 0 spiro atoms. The third-order valence-corrected chi connectivity index (χ3v) is 3.34. The highest BCUT2D eigenvalue weighted by atomic mass is 32.1. The molecule has 0 aliphatic heterocycles.